The number of aryl methyl sites for hydroxylation is 1. The second-order valence-electron chi connectivity index (χ2n) is 5.97. The van der Waals surface area contributed by atoms with Crippen LogP contribution in [0.15, 0.2) is 60.7 Å². The van der Waals surface area contributed by atoms with Crippen LogP contribution in [0.25, 0.3) is 0 Å². The molecule has 3 aromatic rings. The molecule has 0 aliphatic carbocycles. The highest BCUT2D eigenvalue weighted by Crippen LogP contribution is 2.22. The van der Waals surface area contributed by atoms with E-state index in [9.17, 15) is 5.26 Å². The molecular formula is C21H21N3O. The maximum atomic E-state index is 9.42. The highest BCUT2D eigenvalue weighted by molar-refractivity contribution is 5.52. The van der Waals surface area contributed by atoms with Gasteiger partial charge in [0.2, 0.25) is 0 Å². The van der Waals surface area contributed by atoms with Gasteiger partial charge in [-0.1, -0.05) is 48.5 Å². The third-order valence-electron chi connectivity index (χ3n) is 4.24. The Morgan fingerprint density at radius 2 is 1.80 bits per heavy atom. The highest BCUT2D eigenvalue weighted by atomic mass is 16.5. The lowest BCUT2D eigenvalue weighted by Gasteiger charge is -2.13. The summed E-state index contributed by atoms with van der Waals surface area (Å²) in [6.07, 6.45) is 0.693. The molecule has 3 rings (SSSR count). The SMILES string of the molecule is Cc1ccccc1OCCn1c(C#N)cc(N)c1Cc1ccccc1. The number of hydrogen-bond donors (Lipinski definition) is 1. The van der Waals surface area contributed by atoms with Gasteiger partial charge in [0.15, 0.2) is 0 Å². The van der Waals surface area contributed by atoms with Gasteiger partial charge in [-0.15, -0.1) is 0 Å². The van der Waals surface area contributed by atoms with Crippen molar-refractivity contribution in [3.63, 3.8) is 0 Å². The van der Waals surface area contributed by atoms with Gasteiger partial charge in [-0.05, 0) is 30.2 Å². The van der Waals surface area contributed by atoms with Crippen LogP contribution in [-0.4, -0.2) is 11.2 Å². The molecule has 0 aliphatic rings. The van der Waals surface area contributed by atoms with E-state index in [0.29, 0.717) is 31.0 Å². The smallest absolute Gasteiger partial charge is 0.122 e. The van der Waals surface area contributed by atoms with E-state index in [1.54, 1.807) is 6.07 Å². The normalized spacial score (nSPS) is 10.4. The Kier molecular flexibility index (Phi) is 5.06. The summed E-state index contributed by atoms with van der Waals surface area (Å²) < 4.78 is 7.84. The van der Waals surface area contributed by atoms with E-state index in [1.165, 1.54) is 0 Å². The molecule has 0 fully saturated rings. The van der Waals surface area contributed by atoms with Crippen LogP contribution in [0.4, 0.5) is 5.69 Å². The molecule has 126 valence electrons. The largest absolute Gasteiger partial charge is 0.491 e. The van der Waals surface area contributed by atoms with Gasteiger partial charge in [-0.3, -0.25) is 0 Å². The van der Waals surface area contributed by atoms with Gasteiger partial charge in [-0.25, -0.2) is 0 Å². The Balaban J connectivity index is 1.78. The zero-order valence-corrected chi connectivity index (χ0v) is 14.3. The second-order valence-corrected chi connectivity index (χ2v) is 5.97. The summed E-state index contributed by atoms with van der Waals surface area (Å²) in [6, 6.07) is 22.0. The number of nitrogen functional groups attached to an aromatic ring is 1. The number of benzene rings is 2. The zero-order chi connectivity index (χ0) is 17.6. The van der Waals surface area contributed by atoms with E-state index in [-0.39, 0.29) is 0 Å². The van der Waals surface area contributed by atoms with Crippen molar-refractivity contribution in [3.05, 3.63) is 83.2 Å². The van der Waals surface area contributed by atoms with Gasteiger partial charge in [0, 0.05) is 12.1 Å². The lowest BCUT2D eigenvalue weighted by molar-refractivity contribution is 0.295. The van der Waals surface area contributed by atoms with Gasteiger partial charge in [0.1, 0.15) is 24.1 Å². The third-order valence-corrected chi connectivity index (χ3v) is 4.24. The van der Waals surface area contributed by atoms with Crippen LogP contribution < -0.4 is 10.5 Å². The molecule has 1 heterocycles. The summed E-state index contributed by atoms with van der Waals surface area (Å²) in [5, 5.41) is 9.42. The van der Waals surface area contributed by atoms with Crippen molar-refractivity contribution in [2.75, 3.05) is 12.3 Å². The number of nitrogens with zero attached hydrogens (tertiary/aromatic N) is 2. The van der Waals surface area contributed by atoms with Crippen molar-refractivity contribution in [2.24, 2.45) is 0 Å². The van der Waals surface area contributed by atoms with E-state index < -0.39 is 0 Å². The van der Waals surface area contributed by atoms with Crippen LogP contribution in [0.3, 0.4) is 0 Å². The van der Waals surface area contributed by atoms with Crippen LogP contribution in [0.1, 0.15) is 22.5 Å². The molecule has 0 aliphatic heterocycles. The molecule has 0 unspecified atom stereocenters. The first-order valence-corrected chi connectivity index (χ1v) is 8.29. The molecular weight excluding hydrogens is 310 g/mol. The quantitative estimate of drug-likeness (QED) is 0.744. The number of hydrogen-bond acceptors (Lipinski definition) is 3. The molecule has 0 saturated carbocycles. The first-order valence-electron chi connectivity index (χ1n) is 8.29. The predicted molar refractivity (Wildman–Crippen MR) is 99.5 cm³/mol. The molecule has 0 radical (unpaired) electrons. The van der Waals surface area contributed by atoms with Crippen molar-refractivity contribution in [2.45, 2.75) is 19.9 Å². The predicted octanol–water partition coefficient (Wildman–Crippen LogP) is 3.92. The number of ether oxygens (including phenoxy) is 1. The molecule has 2 aromatic carbocycles. The lowest BCUT2D eigenvalue weighted by Crippen LogP contribution is -2.13. The summed E-state index contributed by atoms with van der Waals surface area (Å²) in [4.78, 5) is 0. The van der Waals surface area contributed by atoms with Crippen molar-refractivity contribution in [1.82, 2.24) is 4.57 Å². The minimum absolute atomic E-state index is 0.482. The summed E-state index contributed by atoms with van der Waals surface area (Å²) in [5.74, 6) is 0.866. The summed E-state index contributed by atoms with van der Waals surface area (Å²) in [6.45, 7) is 3.08. The number of nitrogens with two attached hydrogens (primary N) is 1. The van der Waals surface area contributed by atoms with Gasteiger partial charge < -0.3 is 15.0 Å². The van der Waals surface area contributed by atoms with E-state index in [4.69, 9.17) is 10.5 Å². The molecule has 0 spiro atoms. The van der Waals surface area contributed by atoms with Gasteiger partial charge in [0.05, 0.1) is 12.2 Å². The average molecular weight is 331 g/mol. The molecule has 4 heteroatoms. The van der Waals surface area contributed by atoms with Gasteiger partial charge in [-0.2, -0.15) is 5.26 Å². The monoisotopic (exact) mass is 331 g/mol. The summed E-state index contributed by atoms with van der Waals surface area (Å²) in [7, 11) is 0. The molecule has 1 aromatic heterocycles. The van der Waals surface area contributed by atoms with Crippen molar-refractivity contribution < 1.29 is 4.74 Å². The second kappa shape index (κ2) is 7.59. The fourth-order valence-corrected chi connectivity index (χ4v) is 2.91. The Morgan fingerprint density at radius 3 is 2.52 bits per heavy atom. The zero-order valence-electron chi connectivity index (χ0n) is 14.3. The number of nitriles is 1. The summed E-state index contributed by atoms with van der Waals surface area (Å²) in [5.41, 5.74) is 10.6. The molecule has 4 nitrogen and oxygen atoms in total. The van der Waals surface area contributed by atoms with Crippen LogP contribution in [0, 0.1) is 18.3 Å². The first-order chi connectivity index (χ1) is 12.2. The number of aromatic nitrogens is 1. The summed E-state index contributed by atoms with van der Waals surface area (Å²) >= 11 is 0. The van der Waals surface area contributed by atoms with Gasteiger partial charge >= 0.3 is 0 Å². The van der Waals surface area contributed by atoms with Gasteiger partial charge in [0.25, 0.3) is 0 Å². The number of para-hydroxylation sites is 1. The van der Waals surface area contributed by atoms with Crippen molar-refractivity contribution in [3.8, 4) is 11.8 Å². The molecule has 2 N–H and O–H groups in total. The van der Waals surface area contributed by atoms with Crippen LogP contribution >= 0.6 is 0 Å². The minimum Gasteiger partial charge on any atom is -0.491 e. The number of anilines is 1. The maximum Gasteiger partial charge on any atom is 0.122 e. The molecule has 0 amide bonds. The molecule has 25 heavy (non-hydrogen) atoms. The lowest BCUT2D eigenvalue weighted by atomic mass is 10.1. The van der Waals surface area contributed by atoms with E-state index in [0.717, 1.165) is 22.6 Å². The van der Waals surface area contributed by atoms with E-state index in [2.05, 4.69) is 18.2 Å². The molecule has 0 atom stereocenters. The number of rotatable bonds is 6. The third kappa shape index (κ3) is 3.84. The fourth-order valence-electron chi connectivity index (χ4n) is 2.91. The van der Waals surface area contributed by atoms with Crippen LogP contribution in [0.2, 0.25) is 0 Å². The standard InChI is InChI=1S/C21H21N3O/c1-16-7-5-6-10-21(16)25-12-11-24-18(15-22)14-19(23)20(24)13-17-8-3-2-4-9-17/h2-10,14H,11-13,23H2,1H3. The topological polar surface area (TPSA) is 64.0 Å². The molecule has 0 bridgehead atoms. The Bertz CT molecular complexity index is 891. The Labute approximate surface area is 148 Å². The minimum atomic E-state index is 0.482. The Hall–Kier alpha value is -3.19. The molecule has 0 saturated heterocycles. The fraction of sp³-hybridized carbons (Fsp3) is 0.190. The van der Waals surface area contributed by atoms with Crippen molar-refractivity contribution >= 4 is 5.69 Å². The highest BCUT2D eigenvalue weighted by Gasteiger charge is 2.14. The average Bonchev–Trinajstić information content (AvgIpc) is 2.93. The maximum absolute atomic E-state index is 9.42. The van der Waals surface area contributed by atoms with E-state index in [1.807, 2.05) is 54.0 Å². The van der Waals surface area contributed by atoms with Crippen molar-refractivity contribution in [1.29, 1.82) is 5.26 Å². The Morgan fingerprint density at radius 1 is 1.08 bits per heavy atom. The van der Waals surface area contributed by atoms with E-state index >= 15 is 0 Å². The van der Waals surface area contributed by atoms with Crippen LogP contribution in [-0.2, 0) is 13.0 Å². The first kappa shape index (κ1) is 16.7. The van der Waals surface area contributed by atoms with Crippen LogP contribution in [0.5, 0.6) is 5.75 Å².